The van der Waals surface area contributed by atoms with Gasteiger partial charge in [-0.3, -0.25) is 0 Å². The Morgan fingerprint density at radius 2 is 1.71 bits per heavy atom. The molecule has 144 valence electrons. The first-order chi connectivity index (χ1) is 13.7. The maximum atomic E-state index is 5.94. The molecule has 2 heteroatoms. The van der Waals surface area contributed by atoms with E-state index >= 15 is 0 Å². The van der Waals surface area contributed by atoms with E-state index in [1.165, 1.54) is 57.6 Å². The lowest BCUT2D eigenvalue weighted by atomic mass is 9.93. The number of nitrogens with zero attached hydrogens (tertiary/aromatic N) is 1. The zero-order valence-electron chi connectivity index (χ0n) is 17.4. The Balaban J connectivity index is 1.83. The minimum Gasteiger partial charge on any atom is -0.496 e. The van der Waals surface area contributed by atoms with Gasteiger partial charge in [-0.1, -0.05) is 73.5 Å². The first-order valence-corrected chi connectivity index (χ1v) is 10.3. The van der Waals surface area contributed by atoms with Crippen molar-refractivity contribution in [2.24, 2.45) is 0 Å². The van der Waals surface area contributed by atoms with Crippen LogP contribution in [0.25, 0.3) is 11.1 Å². The smallest absolute Gasteiger partial charge is 0.127 e. The van der Waals surface area contributed by atoms with Crippen LogP contribution in [-0.4, -0.2) is 7.11 Å². The van der Waals surface area contributed by atoms with E-state index in [1.807, 2.05) is 7.11 Å². The van der Waals surface area contributed by atoms with Crippen molar-refractivity contribution in [1.29, 1.82) is 0 Å². The maximum Gasteiger partial charge on any atom is 0.127 e. The molecule has 3 aromatic rings. The van der Waals surface area contributed by atoms with Gasteiger partial charge < -0.3 is 9.64 Å². The van der Waals surface area contributed by atoms with Crippen molar-refractivity contribution in [2.75, 3.05) is 12.0 Å². The van der Waals surface area contributed by atoms with E-state index in [0.717, 1.165) is 18.7 Å². The number of unbranched alkanes of at least 4 members (excludes halogenated alkanes) is 1. The SMILES string of the molecule is CCCCc1c(OC)c(C)c2c(c1-c1ccccc1)N2Cc1cccc(C)c1. The number of ether oxygens (including phenoxy) is 1. The van der Waals surface area contributed by atoms with Crippen molar-refractivity contribution in [1.82, 2.24) is 0 Å². The van der Waals surface area contributed by atoms with E-state index in [-0.39, 0.29) is 0 Å². The standard InChI is InChI=1S/C26H29NO/c1-5-6-15-22-23(21-13-8-7-9-14-21)25-24(19(3)26(22)28-4)27(25)17-20-12-10-11-18(2)16-20/h7-14,16H,5-6,15,17H2,1-4H3. The molecule has 1 heterocycles. The number of rotatable bonds is 7. The molecular weight excluding hydrogens is 342 g/mol. The maximum absolute atomic E-state index is 5.94. The van der Waals surface area contributed by atoms with Gasteiger partial charge in [-0.2, -0.15) is 0 Å². The topological polar surface area (TPSA) is 12.2 Å². The van der Waals surface area contributed by atoms with Gasteiger partial charge in [-0.25, -0.2) is 0 Å². The minimum atomic E-state index is 0.915. The summed E-state index contributed by atoms with van der Waals surface area (Å²) in [6.45, 7) is 7.53. The van der Waals surface area contributed by atoms with Crippen molar-refractivity contribution in [3.05, 3.63) is 76.9 Å². The first kappa shape index (κ1) is 18.6. The Bertz CT molecular complexity index is 991. The summed E-state index contributed by atoms with van der Waals surface area (Å²) >= 11 is 0. The van der Waals surface area contributed by atoms with Crippen LogP contribution in [0.15, 0.2) is 54.6 Å². The highest BCUT2D eigenvalue weighted by atomic mass is 16.5. The number of aryl methyl sites for hydroxylation is 1. The lowest BCUT2D eigenvalue weighted by molar-refractivity contribution is 0.407. The molecule has 0 radical (unpaired) electrons. The minimum absolute atomic E-state index is 0.915. The van der Waals surface area contributed by atoms with Crippen LogP contribution in [0.2, 0.25) is 0 Å². The van der Waals surface area contributed by atoms with Crippen LogP contribution in [0.1, 0.15) is 42.0 Å². The summed E-state index contributed by atoms with van der Waals surface area (Å²) < 4.78 is 5.94. The predicted molar refractivity (Wildman–Crippen MR) is 119 cm³/mol. The van der Waals surface area contributed by atoms with E-state index in [0.29, 0.717) is 0 Å². The summed E-state index contributed by atoms with van der Waals surface area (Å²) in [6.07, 6.45) is 3.41. The van der Waals surface area contributed by atoms with E-state index < -0.39 is 0 Å². The fraction of sp³-hybridized carbons (Fsp3) is 0.308. The molecule has 0 saturated heterocycles. The van der Waals surface area contributed by atoms with Crippen molar-refractivity contribution in [3.8, 4) is 16.9 Å². The van der Waals surface area contributed by atoms with Crippen LogP contribution in [0.4, 0.5) is 11.4 Å². The summed E-state index contributed by atoms with van der Waals surface area (Å²) in [5.74, 6) is 1.07. The van der Waals surface area contributed by atoms with E-state index in [1.54, 1.807) is 0 Å². The van der Waals surface area contributed by atoms with Gasteiger partial charge in [0.05, 0.1) is 18.5 Å². The highest BCUT2D eigenvalue weighted by Gasteiger charge is 2.39. The Morgan fingerprint density at radius 1 is 0.929 bits per heavy atom. The lowest BCUT2D eigenvalue weighted by Gasteiger charge is -2.15. The van der Waals surface area contributed by atoms with E-state index in [4.69, 9.17) is 4.74 Å². The molecule has 0 bridgehead atoms. The van der Waals surface area contributed by atoms with E-state index in [9.17, 15) is 0 Å². The van der Waals surface area contributed by atoms with Crippen molar-refractivity contribution < 1.29 is 4.74 Å². The molecule has 0 spiro atoms. The average Bonchev–Trinajstić information content (AvgIpc) is 3.40. The molecule has 0 saturated carbocycles. The van der Waals surface area contributed by atoms with Crippen LogP contribution in [0.3, 0.4) is 0 Å². The Morgan fingerprint density at radius 3 is 2.39 bits per heavy atom. The third-order valence-electron chi connectivity index (χ3n) is 5.69. The highest BCUT2D eigenvalue weighted by molar-refractivity contribution is 6.08. The van der Waals surface area contributed by atoms with Gasteiger partial charge >= 0.3 is 0 Å². The zero-order valence-corrected chi connectivity index (χ0v) is 17.4. The number of hydrogen-bond donors (Lipinski definition) is 0. The molecule has 0 amide bonds. The molecule has 0 atom stereocenters. The van der Waals surface area contributed by atoms with Crippen LogP contribution in [-0.2, 0) is 13.0 Å². The fourth-order valence-electron chi connectivity index (χ4n) is 4.36. The van der Waals surface area contributed by atoms with Crippen molar-refractivity contribution in [2.45, 2.75) is 46.6 Å². The number of fused-ring (bicyclic) bond motifs is 1. The van der Waals surface area contributed by atoms with Crippen LogP contribution in [0, 0.1) is 13.8 Å². The lowest BCUT2D eigenvalue weighted by Crippen LogP contribution is -2.00. The predicted octanol–water partition coefficient (Wildman–Crippen LogP) is 6.97. The Labute approximate surface area is 168 Å². The quantitative estimate of drug-likeness (QED) is 0.416. The third-order valence-corrected chi connectivity index (χ3v) is 5.69. The van der Waals surface area contributed by atoms with Gasteiger partial charge in [0.25, 0.3) is 0 Å². The normalized spacial score (nSPS) is 12.1. The highest BCUT2D eigenvalue weighted by Crippen LogP contribution is 2.61. The molecule has 3 aromatic carbocycles. The largest absolute Gasteiger partial charge is 0.496 e. The summed E-state index contributed by atoms with van der Waals surface area (Å²) in [4.78, 5) is 2.46. The number of hydrogen-bond acceptors (Lipinski definition) is 2. The average molecular weight is 372 g/mol. The molecule has 28 heavy (non-hydrogen) atoms. The van der Waals surface area contributed by atoms with Gasteiger partial charge in [-0.15, -0.1) is 0 Å². The van der Waals surface area contributed by atoms with Gasteiger partial charge in [0.15, 0.2) is 0 Å². The van der Waals surface area contributed by atoms with Crippen molar-refractivity contribution >= 4 is 11.4 Å². The monoisotopic (exact) mass is 371 g/mol. The molecule has 1 aliphatic rings. The van der Waals surface area contributed by atoms with Crippen molar-refractivity contribution in [3.63, 3.8) is 0 Å². The Hall–Kier alpha value is -2.74. The van der Waals surface area contributed by atoms with Crippen LogP contribution < -0.4 is 9.64 Å². The molecule has 4 rings (SSSR count). The third kappa shape index (κ3) is 3.28. The molecule has 0 aliphatic carbocycles. The van der Waals surface area contributed by atoms with Gasteiger partial charge in [0, 0.05) is 23.2 Å². The summed E-state index contributed by atoms with van der Waals surface area (Å²) in [7, 11) is 1.81. The number of benzene rings is 3. The number of methoxy groups -OCH3 is 1. The summed E-state index contributed by atoms with van der Waals surface area (Å²) in [5, 5.41) is 0. The molecule has 1 aliphatic heterocycles. The second-order valence-corrected chi connectivity index (χ2v) is 7.75. The van der Waals surface area contributed by atoms with Gasteiger partial charge in [0.1, 0.15) is 5.75 Å². The second-order valence-electron chi connectivity index (χ2n) is 7.75. The summed E-state index contributed by atoms with van der Waals surface area (Å²) in [6, 6.07) is 19.6. The first-order valence-electron chi connectivity index (χ1n) is 10.3. The molecule has 0 aromatic heterocycles. The van der Waals surface area contributed by atoms with Crippen LogP contribution >= 0.6 is 0 Å². The molecule has 2 nitrogen and oxygen atoms in total. The number of anilines is 2. The molecular formula is C26H29NO. The van der Waals surface area contributed by atoms with Crippen LogP contribution in [0.5, 0.6) is 5.75 Å². The van der Waals surface area contributed by atoms with Gasteiger partial charge in [-0.05, 0) is 37.8 Å². The summed E-state index contributed by atoms with van der Waals surface area (Å²) in [5.41, 5.74) is 10.7. The molecule has 0 N–H and O–H groups in total. The molecule has 0 fully saturated rings. The fourth-order valence-corrected chi connectivity index (χ4v) is 4.36. The van der Waals surface area contributed by atoms with E-state index in [2.05, 4.69) is 80.3 Å². The Kier molecular flexibility index (Phi) is 5.13. The zero-order chi connectivity index (χ0) is 19.7. The molecule has 0 unspecified atom stereocenters. The second kappa shape index (κ2) is 7.71. The van der Waals surface area contributed by atoms with Gasteiger partial charge in [0.2, 0.25) is 0 Å².